The number of aryl methyl sites for hydroxylation is 1. The van der Waals surface area contributed by atoms with Crippen molar-refractivity contribution < 1.29 is 9.84 Å². The molecule has 2 heterocycles. The third-order valence-corrected chi connectivity index (χ3v) is 5.21. The van der Waals surface area contributed by atoms with Crippen LogP contribution in [0.4, 0.5) is 0 Å². The van der Waals surface area contributed by atoms with Crippen LogP contribution < -0.4 is 4.74 Å². The number of rotatable bonds is 5. The summed E-state index contributed by atoms with van der Waals surface area (Å²) >= 11 is 1.72. The highest BCUT2D eigenvalue weighted by molar-refractivity contribution is 7.09. The molecule has 0 aliphatic carbocycles. The molecule has 1 N–H and O–H groups in total. The van der Waals surface area contributed by atoms with Crippen LogP contribution >= 0.6 is 11.3 Å². The second-order valence-corrected chi connectivity index (χ2v) is 7.33. The fraction of sp³-hybridized carbons (Fsp3) is 0.500. The van der Waals surface area contributed by atoms with Gasteiger partial charge in [0.1, 0.15) is 0 Å². The van der Waals surface area contributed by atoms with E-state index in [0.29, 0.717) is 5.75 Å². The molecule has 130 valence electrons. The zero-order valence-electron chi connectivity index (χ0n) is 14.4. The molecule has 0 spiro atoms. The molecule has 3 rings (SSSR count). The number of benzene rings is 1. The monoisotopic (exact) mass is 347 g/mol. The van der Waals surface area contributed by atoms with Crippen molar-refractivity contribution in [2.75, 3.05) is 33.3 Å². The molecule has 5 nitrogen and oxygen atoms in total. The van der Waals surface area contributed by atoms with Gasteiger partial charge in [0.2, 0.25) is 0 Å². The Morgan fingerprint density at radius 2 is 1.92 bits per heavy atom. The van der Waals surface area contributed by atoms with E-state index in [-0.39, 0.29) is 5.75 Å². The molecule has 1 saturated heterocycles. The molecule has 1 aliphatic heterocycles. The van der Waals surface area contributed by atoms with Gasteiger partial charge in [-0.15, -0.1) is 11.3 Å². The molecule has 2 aromatic rings. The number of ether oxygens (including phenoxy) is 1. The summed E-state index contributed by atoms with van der Waals surface area (Å²) in [5.41, 5.74) is 2.36. The van der Waals surface area contributed by atoms with E-state index in [1.807, 2.05) is 12.1 Å². The maximum Gasteiger partial charge on any atom is 0.160 e. The summed E-state index contributed by atoms with van der Waals surface area (Å²) in [6, 6.07) is 5.61. The predicted molar refractivity (Wildman–Crippen MR) is 96.7 cm³/mol. The van der Waals surface area contributed by atoms with Gasteiger partial charge in [0.15, 0.2) is 11.5 Å². The molecular formula is C18H25N3O2S. The summed E-state index contributed by atoms with van der Waals surface area (Å²) in [6.45, 7) is 8.22. The van der Waals surface area contributed by atoms with Gasteiger partial charge in [-0.05, 0) is 44.1 Å². The van der Waals surface area contributed by atoms with E-state index in [1.54, 1.807) is 24.5 Å². The fourth-order valence-corrected chi connectivity index (χ4v) is 3.73. The SMILES string of the molecule is COc1cc(CN2CCCN(Cc3csc(C)n3)CC2)ccc1O. The van der Waals surface area contributed by atoms with Crippen LogP contribution in [-0.2, 0) is 13.1 Å². The molecule has 1 aliphatic rings. The van der Waals surface area contributed by atoms with Crippen LogP contribution in [0.25, 0.3) is 0 Å². The summed E-state index contributed by atoms with van der Waals surface area (Å²) in [5.74, 6) is 0.740. The highest BCUT2D eigenvalue weighted by Gasteiger charge is 2.16. The first-order chi connectivity index (χ1) is 11.6. The minimum atomic E-state index is 0.196. The number of methoxy groups -OCH3 is 1. The van der Waals surface area contributed by atoms with Gasteiger partial charge in [0.05, 0.1) is 17.8 Å². The van der Waals surface area contributed by atoms with Gasteiger partial charge in [0, 0.05) is 31.6 Å². The maximum atomic E-state index is 9.71. The molecule has 0 bridgehead atoms. The Labute approximate surface area is 147 Å². The van der Waals surface area contributed by atoms with Crippen molar-refractivity contribution in [3.8, 4) is 11.5 Å². The molecule has 1 aromatic heterocycles. The summed E-state index contributed by atoms with van der Waals surface area (Å²) in [7, 11) is 1.59. The Morgan fingerprint density at radius 3 is 2.58 bits per heavy atom. The zero-order chi connectivity index (χ0) is 16.9. The average molecular weight is 347 g/mol. The van der Waals surface area contributed by atoms with Crippen molar-refractivity contribution in [2.45, 2.75) is 26.4 Å². The molecule has 6 heteroatoms. The number of phenolic OH excluding ortho intramolecular Hbond substituents is 1. The van der Waals surface area contributed by atoms with Gasteiger partial charge < -0.3 is 9.84 Å². The molecule has 1 aromatic carbocycles. The smallest absolute Gasteiger partial charge is 0.160 e. The van der Waals surface area contributed by atoms with Gasteiger partial charge in [0.25, 0.3) is 0 Å². The predicted octanol–water partition coefficient (Wildman–Crippen LogP) is 2.87. The minimum absolute atomic E-state index is 0.196. The largest absolute Gasteiger partial charge is 0.504 e. The van der Waals surface area contributed by atoms with E-state index >= 15 is 0 Å². The number of aromatic nitrogens is 1. The normalized spacial score (nSPS) is 16.9. The minimum Gasteiger partial charge on any atom is -0.504 e. The van der Waals surface area contributed by atoms with E-state index < -0.39 is 0 Å². The number of hydrogen-bond acceptors (Lipinski definition) is 6. The van der Waals surface area contributed by atoms with Crippen LogP contribution in [0.3, 0.4) is 0 Å². The molecule has 0 radical (unpaired) electrons. The molecular weight excluding hydrogens is 322 g/mol. The Balaban J connectivity index is 1.55. The summed E-state index contributed by atoms with van der Waals surface area (Å²) in [4.78, 5) is 9.54. The van der Waals surface area contributed by atoms with Gasteiger partial charge in [-0.3, -0.25) is 9.80 Å². The van der Waals surface area contributed by atoms with Crippen LogP contribution in [0.2, 0.25) is 0 Å². The number of phenols is 1. The number of nitrogens with zero attached hydrogens (tertiary/aromatic N) is 3. The topological polar surface area (TPSA) is 48.8 Å². The first-order valence-electron chi connectivity index (χ1n) is 8.35. The molecule has 1 fully saturated rings. The van der Waals surface area contributed by atoms with Crippen LogP contribution in [0.5, 0.6) is 11.5 Å². The number of hydrogen-bond donors (Lipinski definition) is 1. The van der Waals surface area contributed by atoms with Crippen molar-refractivity contribution in [3.63, 3.8) is 0 Å². The van der Waals surface area contributed by atoms with Crippen LogP contribution in [0, 0.1) is 6.92 Å². The third-order valence-electron chi connectivity index (χ3n) is 4.38. The van der Waals surface area contributed by atoms with E-state index in [9.17, 15) is 5.11 Å². The summed E-state index contributed by atoms with van der Waals surface area (Å²) in [6.07, 6.45) is 1.17. The molecule has 24 heavy (non-hydrogen) atoms. The lowest BCUT2D eigenvalue weighted by Crippen LogP contribution is -2.30. The van der Waals surface area contributed by atoms with Gasteiger partial charge in [-0.1, -0.05) is 6.07 Å². The highest BCUT2D eigenvalue weighted by atomic mass is 32.1. The van der Waals surface area contributed by atoms with Crippen molar-refractivity contribution in [1.82, 2.24) is 14.8 Å². The van der Waals surface area contributed by atoms with E-state index in [0.717, 1.165) is 44.3 Å². The number of thiazole rings is 1. The fourth-order valence-electron chi connectivity index (χ4n) is 3.13. The third kappa shape index (κ3) is 4.47. The number of aromatic hydroxyl groups is 1. The van der Waals surface area contributed by atoms with Gasteiger partial charge >= 0.3 is 0 Å². The maximum absolute atomic E-state index is 9.71. The molecule has 0 atom stereocenters. The van der Waals surface area contributed by atoms with Crippen molar-refractivity contribution in [3.05, 3.63) is 39.8 Å². The Kier molecular flexibility index (Phi) is 5.71. The second kappa shape index (κ2) is 7.96. The van der Waals surface area contributed by atoms with Gasteiger partial charge in [-0.2, -0.15) is 0 Å². The average Bonchev–Trinajstić information content (AvgIpc) is 2.85. The highest BCUT2D eigenvalue weighted by Crippen LogP contribution is 2.27. The van der Waals surface area contributed by atoms with Crippen LogP contribution in [0.1, 0.15) is 22.7 Å². The van der Waals surface area contributed by atoms with E-state index in [2.05, 4.69) is 27.1 Å². The molecule has 0 unspecified atom stereocenters. The molecule has 0 saturated carbocycles. The van der Waals surface area contributed by atoms with E-state index in [4.69, 9.17) is 4.74 Å². The quantitative estimate of drug-likeness (QED) is 0.901. The Bertz CT molecular complexity index is 674. The Hall–Kier alpha value is -1.63. The van der Waals surface area contributed by atoms with Crippen molar-refractivity contribution in [1.29, 1.82) is 0 Å². The van der Waals surface area contributed by atoms with Crippen molar-refractivity contribution >= 4 is 11.3 Å². The lowest BCUT2D eigenvalue weighted by atomic mass is 10.2. The van der Waals surface area contributed by atoms with Crippen LogP contribution in [-0.4, -0.2) is 53.2 Å². The zero-order valence-corrected chi connectivity index (χ0v) is 15.2. The first kappa shape index (κ1) is 17.2. The lowest BCUT2D eigenvalue weighted by molar-refractivity contribution is 0.245. The van der Waals surface area contributed by atoms with Crippen molar-refractivity contribution in [2.24, 2.45) is 0 Å². The van der Waals surface area contributed by atoms with Gasteiger partial charge in [-0.25, -0.2) is 4.98 Å². The summed E-state index contributed by atoms with van der Waals surface area (Å²) < 4.78 is 5.20. The van der Waals surface area contributed by atoms with E-state index in [1.165, 1.54) is 17.7 Å². The standard InChI is InChI=1S/C18H25N3O2S/c1-14-19-16(13-24-14)12-21-7-3-6-20(8-9-21)11-15-4-5-17(22)18(10-15)23-2/h4-5,10,13,22H,3,6-9,11-12H2,1-2H3. The Morgan fingerprint density at radius 1 is 1.17 bits per heavy atom. The first-order valence-corrected chi connectivity index (χ1v) is 9.23. The second-order valence-electron chi connectivity index (χ2n) is 6.27. The summed E-state index contributed by atoms with van der Waals surface area (Å²) in [5, 5.41) is 13.0. The van der Waals surface area contributed by atoms with Crippen LogP contribution in [0.15, 0.2) is 23.6 Å². The molecule has 0 amide bonds. The lowest BCUT2D eigenvalue weighted by Gasteiger charge is -2.21.